The van der Waals surface area contributed by atoms with Gasteiger partial charge in [-0.1, -0.05) is 12.1 Å². The van der Waals surface area contributed by atoms with Crippen molar-refractivity contribution in [3.8, 4) is 11.6 Å². The van der Waals surface area contributed by atoms with Gasteiger partial charge in [0.25, 0.3) is 5.91 Å². The average Bonchev–Trinajstić information content (AvgIpc) is 3.21. The van der Waals surface area contributed by atoms with Crippen LogP contribution in [0.3, 0.4) is 0 Å². The molecule has 2 fully saturated rings. The minimum absolute atomic E-state index is 0.133. The van der Waals surface area contributed by atoms with Gasteiger partial charge in [-0.2, -0.15) is 0 Å². The number of hydrogen-bond donors (Lipinski definition) is 1. The van der Waals surface area contributed by atoms with E-state index in [0.717, 1.165) is 0 Å². The van der Waals surface area contributed by atoms with Crippen molar-refractivity contribution >= 4 is 11.9 Å². The van der Waals surface area contributed by atoms with Crippen molar-refractivity contribution in [2.45, 2.75) is 25.0 Å². The first-order chi connectivity index (χ1) is 15.0. The van der Waals surface area contributed by atoms with Crippen molar-refractivity contribution in [3.05, 3.63) is 53.7 Å². The fraction of sp³-hybridized carbons (Fsp3) is 0.435. The van der Waals surface area contributed by atoms with Crippen molar-refractivity contribution in [2.75, 3.05) is 27.3 Å². The standard InChI is InChI=1S/C23H26N2O6/c1-29-21-8-4-7-18(24-21)22(27)25-12-15-10-19(26)20(11-16(15)13-25)31-17-6-3-5-14(9-17)23(28)30-2/h3-9,15-16,19-20,26H,10-13H2,1-2H3/t15-,16+,19+,20+/m0/s1. The van der Waals surface area contributed by atoms with Gasteiger partial charge in [-0.25, -0.2) is 9.78 Å². The molecule has 1 N–H and O–H groups in total. The van der Waals surface area contributed by atoms with E-state index in [1.54, 1.807) is 47.4 Å². The SMILES string of the molecule is COC(=O)c1cccc(O[C@@H]2C[C@@H]3CN(C(=O)c4cccc(OC)n4)C[C@@H]3C[C@H]2O)c1. The highest BCUT2D eigenvalue weighted by atomic mass is 16.5. The Morgan fingerprint density at radius 1 is 1.06 bits per heavy atom. The molecule has 1 amide bonds. The quantitative estimate of drug-likeness (QED) is 0.732. The van der Waals surface area contributed by atoms with Gasteiger partial charge >= 0.3 is 5.97 Å². The van der Waals surface area contributed by atoms with Crippen molar-refractivity contribution < 1.29 is 28.9 Å². The first kappa shape index (κ1) is 21.1. The van der Waals surface area contributed by atoms with Crippen LogP contribution in [0.4, 0.5) is 0 Å². The minimum Gasteiger partial charge on any atom is -0.488 e. The average molecular weight is 426 g/mol. The van der Waals surface area contributed by atoms with Crippen LogP contribution in [-0.2, 0) is 4.74 Å². The van der Waals surface area contributed by atoms with Gasteiger partial charge in [-0.05, 0) is 48.9 Å². The van der Waals surface area contributed by atoms with Crippen molar-refractivity contribution in [2.24, 2.45) is 11.8 Å². The number of carbonyl (C=O) groups excluding carboxylic acids is 2. The molecule has 0 spiro atoms. The molecule has 31 heavy (non-hydrogen) atoms. The Morgan fingerprint density at radius 3 is 2.55 bits per heavy atom. The number of hydrogen-bond acceptors (Lipinski definition) is 7. The molecule has 1 aliphatic heterocycles. The normalized spacial score (nSPS) is 24.9. The van der Waals surface area contributed by atoms with Gasteiger partial charge in [0, 0.05) is 19.2 Å². The van der Waals surface area contributed by atoms with Crippen LogP contribution in [0.15, 0.2) is 42.5 Å². The molecule has 0 radical (unpaired) electrons. The lowest BCUT2D eigenvalue weighted by atomic mass is 9.78. The molecule has 164 valence electrons. The zero-order valence-corrected chi connectivity index (χ0v) is 17.6. The van der Waals surface area contributed by atoms with Crippen molar-refractivity contribution in [3.63, 3.8) is 0 Å². The number of pyridine rings is 1. The molecule has 2 aromatic rings. The molecule has 4 rings (SSSR count). The van der Waals surface area contributed by atoms with Crippen LogP contribution >= 0.6 is 0 Å². The molecule has 2 aliphatic rings. The van der Waals surface area contributed by atoms with Gasteiger partial charge in [-0.3, -0.25) is 4.79 Å². The Kier molecular flexibility index (Phi) is 6.08. The Balaban J connectivity index is 1.42. The van der Waals surface area contributed by atoms with E-state index in [2.05, 4.69) is 4.98 Å². The third kappa shape index (κ3) is 4.49. The van der Waals surface area contributed by atoms with Gasteiger partial charge in [0.1, 0.15) is 17.5 Å². The fourth-order valence-corrected chi connectivity index (χ4v) is 4.48. The number of aliphatic hydroxyl groups is 1. The molecule has 1 aromatic heterocycles. The lowest BCUT2D eigenvalue weighted by molar-refractivity contribution is -0.0231. The van der Waals surface area contributed by atoms with Crippen LogP contribution in [0, 0.1) is 11.8 Å². The summed E-state index contributed by atoms with van der Waals surface area (Å²) < 4.78 is 15.9. The van der Waals surface area contributed by atoms with Crippen LogP contribution in [-0.4, -0.2) is 66.4 Å². The number of carbonyl (C=O) groups is 2. The number of rotatable bonds is 5. The number of methoxy groups -OCH3 is 2. The van der Waals surface area contributed by atoms with Crippen LogP contribution in [0.1, 0.15) is 33.7 Å². The maximum atomic E-state index is 12.9. The molecule has 1 aliphatic carbocycles. The molecule has 0 unspecified atom stereocenters. The Bertz CT molecular complexity index is 965. The highest BCUT2D eigenvalue weighted by molar-refractivity contribution is 5.92. The maximum absolute atomic E-state index is 12.9. The Hall–Kier alpha value is -3.13. The fourth-order valence-electron chi connectivity index (χ4n) is 4.48. The highest BCUT2D eigenvalue weighted by Crippen LogP contribution is 2.38. The first-order valence-corrected chi connectivity index (χ1v) is 10.3. The van der Waals surface area contributed by atoms with Gasteiger partial charge in [-0.15, -0.1) is 0 Å². The monoisotopic (exact) mass is 426 g/mol. The second kappa shape index (κ2) is 8.93. The maximum Gasteiger partial charge on any atom is 0.337 e. The summed E-state index contributed by atoms with van der Waals surface area (Å²) in [5.41, 5.74) is 0.748. The van der Waals surface area contributed by atoms with E-state index in [0.29, 0.717) is 48.8 Å². The number of fused-ring (bicyclic) bond motifs is 1. The summed E-state index contributed by atoms with van der Waals surface area (Å²) in [6.07, 6.45) is 0.137. The number of benzene rings is 1. The molecular formula is C23H26N2O6. The van der Waals surface area contributed by atoms with E-state index >= 15 is 0 Å². The number of esters is 1. The lowest BCUT2D eigenvalue weighted by Gasteiger charge is -2.35. The summed E-state index contributed by atoms with van der Waals surface area (Å²) in [7, 11) is 2.85. The molecule has 8 nitrogen and oxygen atoms in total. The van der Waals surface area contributed by atoms with E-state index in [1.165, 1.54) is 14.2 Å². The molecule has 1 saturated heterocycles. The van der Waals surface area contributed by atoms with Crippen LogP contribution < -0.4 is 9.47 Å². The van der Waals surface area contributed by atoms with E-state index in [1.807, 2.05) is 0 Å². The van der Waals surface area contributed by atoms with E-state index in [9.17, 15) is 14.7 Å². The number of ether oxygens (including phenoxy) is 3. The first-order valence-electron chi connectivity index (χ1n) is 10.3. The third-order valence-corrected chi connectivity index (χ3v) is 6.07. The zero-order valence-electron chi connectivity index (χ0n) is 17.6. The molecule has 8 heteroatoms. The second-order valence-electron chi connectivity index (χ2n) is 8.01. The van der Waals surface area contributed by atoms with E-state index < -0.39 is 18.2 Å². The van der Waals surface area contributed by atoms with Gasteiger partial charge in [0.2, 0.25) is 5.88 Å². The Labute approximate surface area is 180 Å². The summed E-state index contributed by atoms with van der Waals surface area (Å²) in [4.78, 5) is 30.7. The lowest BCUT2D eigenvalue weighted by Crippen LogP contribution is -2.42. The number of amides is 1. The van der Waals surface area contributed by atoms with Gasteiger partial charge in [0.15, 0.2) is 0 Å². The number of nitrogens with zero attached hydrogens (tertiary/aromatic N) is 2. The van der Waals surface area contributed by atoms with Gasteiger partial charge < -0.3 is 24.2 Å². The summed E-state index contributed by atoms with van der Waals surface area (Å²) in [5.74, 6) is 0.784. The molecule has 1 saturated carbocycles. The van der Waals surface area contributed by atoms with Crippen LogP contribution in [0.25, 0.3) is 0 Å². The smallest absolute Gasteiger partial charge is 0.337 e. The van der Waals surface area contributed by atoms with E-state index in [-0.39, 0.29) is 17.7 Å². The molecule has 0 bridgehead atoms. The number of aliphatic hydroxyl groups excluding tert-OH is 1. The molecule has 4 atom stereocenters. The van der Waals surface area contributed by atoms with Crippen LogP contribution in [0.2, 0.25) is 0 Å². The van der Waals surface area contributed by atoms with Gasteiger partial charge in [0.05, 0.1) is 25.9 Å². The van der Waals surface area contributed by atoms with E-state index in [4.69, 9.17) is 14.2 Å². The van der Waals surface area contributed by atoms with Crippen LogP contribution in [0.5, 0.6) is 11.6 Å². The summed E-state index contributed by atoms with van der Waals surface area (Å²) >= 11 is 0. The molecular weight excluding hydrogens is 400 g/mol. The minimum atomic E-state index is -0.645. The summed E-state index contributed by atoms with van der Waals surface area (Å²) in [6, 6.07) is 11.9. The summed E-state index contributed by atoms with van der Waals surface area (Å²) in [5, 5.41) is 10.7. The molecule has 1 aromatic carbocycles. The predicted molar refractivity (Wildman–Crippen MR) is 111 cm³/mol. The number of aromatic nitrogens is 1. The predicted octanol–water partition coefficient (Wildman–Crippen LogP) is 2.17. The third-order valence-electron chi connectivity index (χ3n) is 6.07. The summed E-state index contributed by atoms with van der Waals surface area (Å²) in [6.45, 7) is 1.18. The topological polar surface area (TPSA) is 98.2 Å². The highest BCUT2D eigenvalue weighted by Gasteiger charge is 2.44. The Morgan fingerprint density at radius 2 is 1.81 bits per heavy atom. The second-order valence-corrected chi connectivity index (χ2v) is 8.01. The molecule has 2 heterocycles. The largest absolute Gasteiger partial charge is 0.488 e. The number of likely N-dealkylation sites (tertiary alicyclic amines) is 1. The zero-order chi connectivity index (χ0) is 22.0. The van der Waals surface area contributed by atoms with Crippen molar-refractivity contribution in [1.29, 1.82) is 0 Å². The van der Waals surface area contributed by atoms with Crippen molar-refractivity contribution in [1.82, 2.24) is 9.88 Å².